The van der Waals surface area contributed by atoms with Crippen LogP contribution in [-0.4, -0.2) is 43.6 Å². The van der Waals surface area contributed by atoms with Gasteiger partial charge in [-0.1, -0.05) is 23.2 Å². The van der Waals surface area contributed by atoms with Gasteiger partial charge >= 0.3 is 0 Å². The maximum atomic E-state index is 12.0. The molecule has 0 unspecified atom stereocenters. The van der Waals surface area contributed by atoms with E-state index in [1.807, 2.05) is 11.9 Å². The fraction of sp³-hybridized carbons (Fsp3) is 0.500. The molecule has 1 amide bonds. The van der Waals surface area contributed by atoms with Crippen molar-refractivity contribution in [3.63, 3.8) is 0 Å². The van der Waals surface area contributed by atoms with E-state index in [2.05, 4.69) is 5.32 Å². The van der Waals surface area contributed by atoms with E-state index in [-0.39, 0.29) is 24.9 Å². The van der Waals surface area contributed by atoms with Crippen molar-refractivity contribution in [2.45, 2.75) is 18.9 Å². The number of likely N-dealkylation sites (tertiary alicyclic amines) is 1. The van der Waals surface area contributed by atoms with Crippen molar-refractivity contribution in [1.29, 1.82) is 0 Å². The third-order valence-corrected chi connectivity index (χ3v) is 4.25. The lowest BCUT2D eigenvalue weighted by atomic mass is 10.1. The summed E-state index contributed by atoms with van der Waals surface area (Å²) < 4.78 is 5.46. The number of rotatable bonds is 4. The molecule has 1 aromatic rings. The van der Waals surface area contributed by atoms with Gasteiger partial charge < -0.3 is 15.0 Å². The fourth-order valence-electron chi connectivity index (χ4n) is 2.22. The smallest absolute Gasteiger partial charge is 0.260 e. The second-order valence-corrected chi connectivity index (χ2v) is 5.62. The van der Waals surface area contributed by atoms with E-state index in [1.165, 1.54) is 0 Å². The Morgan fingerprint density at radius 1 is 1.33 bits per heavy atom. The van der Waals surface area contributed by atoms with Gasteiger partial charge in [-0.25, -0.2) is 0 Å². The van der Waals surface area contributed by atoms with Crippen molar-refractivity contribution >= 4 is 41.5 Å². The molecular weight excluding hydrogens is 335 g/mol. The number of amides is 1. The summed E-state index contributed by atoms with van der Waals surface area (Å²) >= 11 is 11.7. The van der Waals surface area contributed by atoms with Crippen molar-refractivity contribution in [2.75, 3.05) is 26.7 Å². The summed E-state index contributed by atoms with van der Waals surface area (Å²) in [5.74, 6) is 0.559. The van der Waals surface area contributed by atoms with Crippen LogP contribution in [0.3, 0.4) is 0 Å². The molecule has 0 radical (unpaired) electrons. The average molecular weight is 354 g/mol. The Bertz CT molecular complexity index is 477. The Morgan fingerprint density at radius 2 is 2.00 bits per heavy atom. The molecule has 0 aromatic heterocycles. The molecule has 1 saturated heterocycles. The predicted molar refractivity (Wildman–Crippen MR) is 87.9 cm³/mol. The first-order chi connectivity index (χ1) is 9.60. The minimum Gasteiger partial charge on any atom is -0.484 e. The van der Waals surface area contributed by atoms with Crippen LogP contribution in [0.5, 0.6) is 5.75 Å². The summed E-state index contributed by atoms with van der Waals surface area (Å²) in [4.78, 5) is 13.9. The van der Waals surface area contributed by atoms with Crippen LogP contribution in [0.1, 0.15) is 12.8 Å². The topological polar surface area (TPSA) is 41.6 Å². The van der Waals surface area contributed by atoms with Crippen LogP contribution in [-0.2, 0) is 4.79 Å². The standard InChI is InChI=1S/C14H18Cl2N2O2.ClH/c1-17-10-4-6-18(7-5-10)14(19)9-20-11-2-3-12(15)13(16)8-11;/h2-3,8,10,17H,4-7,9H2,1H3;1H. The van der Waals surface area contributed by atoms with Gasteiger partial charge in [-0.2, -0.15) is 0 Å². The molecule has 0 spiro atoms. The zero-order valence-corrected chi connectivity index (χ0v) is 14.1. The number of benzene rings is 1. The molecule has 1 N–H and O–H groups in total. The van der Waals surface area contributed by atoms with Gasteiger partial charge in [0.15, 0.2) is 6.61 Å². The van der Waals surface area contributed by atoms with Gasteiger partial charge in [0.1, 0.15) is 5.75 Å². The molecule has 7 heteroatoms. The summed E-state index contributed by atoms with van der Waals surface area (Å²) in [6.07, 6.45) is 1.96. The highest BCUT2D eigenvalue weighted by Crippen LogP contribution is 2.26. The Balaban J connectivity index is 0.00000220. The number of hydrogen-bond donors (Lipinski definition) is 1. The van der Waals surface area contributed by atoms with E-state index in [0.717, 1.165) is 25.9 Å². The van der Waals surface area contributed by atoms with Crippen LogP contribution >= 0.6 is 35.6 Å². The van der Waals surface area contributed by atoms with Crippen LogP contribution in [0.2, 0.25) is 10.0 Å². The monoisotopic (exact) mass is 352 g/mol. The minimum absolute atomic E-state index is 0. The van der Waals surface area contributed by atoms with Gasteiger partial charge in [0, 0.05) is 25.2 Å². The fourth-order valence-corrected chi connectivity index (χ4v) is 2.51. The molecule has 1 aliphatic rings. The van der Waals surface area contributed by atoms with Crippen molar-refractivity contribution in [3.05, 3.63) is 28.2 Å². The highest BCUT2D eigenvalue weighted by Gasteiger charge is 2.21. The molecule has 1 aromatic carbocycles. The van der Waals surface area contributed by atoms with Crippen LogP contribution in [0, 0.1) is 0 Å². The third-order valence-electron chi connectivity index (χ3n) is 3.51. The highest BCUT2D eigenvalue weighted by atomic mass is 35.5. The molecule has 1 aliphatic heterocycles. The first-order valence-corrected chi connectivity index (χ1v) is 7.38. The first kappa shape index (κ1) is 18.4. The van der Waals surface area contributed by atoms with Gasteiger partial charge in [-0.05, 0) is 32.0 Å². The second kappa shape index (κ2) is 8.69. The number of nitrogens with one attached hydrogen (secondary N) is 1. The molecule has 0 atom stereocenters. The van der Waals surface area contributed by atoms with Gasteiger partial charge in [0.05, 0.1) is 10.0 Å². The number of ether oxygens (including phenoxy) is 1. The Morgan fingerprint density at radius 3 is 2.57 bits per heavy atom. The lowest BCUT2D eigenvalue weighted by molar-refractivity contribution is -0.134. The number of halogens is 3. The lowest BCUT2D eigenvalue weighted by Gasteiger charge is -2.31. The maximum Gasteiger partial charge on any atom is 0.260 e. The number of carbonyl (C=O) groups excluding carboxylic acids is 1. The van der Waals surface area contributed by atoms with Crippen LogP contribution in [0.15, 0.2) is 18.2 Å². The van der Waals surface area contributed by atoms with Crippen molar-refractivity contribution in [2.24, 2.45) is 0 Å². The van der Waals surface area contributed by atoms with Crippen molar-refractivity contribution in [1.82, 2.24) is 10.2 Å². The van der Waals surface area contributed by atoms with E-state index in [1.54, 1.807) is 18.2 Å². The quantitative estimate of drug-likeness (QED) is 0.905. The van der Waals surface area contributed by atoms with Gasteiger partial charge in [0.2, 0.25) is 0 Å². The summed E-state index contributed by atoms with van der Waals surface area (Å²) in [5, 5.41) is 4.13. The molecule has 2 rings (SSSR count). The summed E-state index contributed by atoms with van der Waals surface area (Å²) in [5.41, 5.74) is 0. The molecule has 4 nitrogen and oxygen atoms in total. The van der Waals surface area contributed by atoms with Crippen LogP contribution in [0.4, 0.5) is 0 Å². The number of carbonyl (C=O) groups is 1. The SMILES string of the molecule is CNC1CCN(C(=O)COc2ccc(Cl)c(Cl)c2)CC1.Cl. The van der Waals surface area contributed by atoms with Gasteiger partial charge in [-0.15, -0.1) is 12.4 Å². The number of hydrogen-bond acceptors (Lipinski definition) is 3. The molecule has 118 valence electrons. The molecule has 1 fully saturated rings. The molecular formula is C14H19Cl3N2O2. The molecule has 0 saturated carbocycles. The van der Waals surface area contributed by atoms with E-state index in [0.29, 0.717) is 21.8 Å². The van der Waals surface area contributed by atoms with E-state index >= 15 is 0 Å². The van der Waals surface area contributed by atoms with E-state index < -0.39 is 0 Å². The molecule has 21 heavy (non-hydrogen) atoms. The zero-order valence-electron chi connectivity index (χ0n) is 11.8. The van der Waals surface area contributed by atoms with Crippen molar-refractivity contribution < 1.29 is 9.53 Å². The normalized spacial score (nSPS) is 15.5. The lowest BCUT2D eigenvalue weighted by Crippen LogP contribution is -2.45. The largest absolute Gasteiger partial charge is 0.484 e. The second-order valence-electron chi connectivity index (χ2n) is 4.81. The molecule has 0 aliphatic carbocycles. The van der Waals surface area contributed by atoms with Gasteiger partial charge in [0.25, 0.3) is 5.91 Å². The van der Waals surface area contributed by atoms with Crippen molar-refractivity contribution in [3.8, 4) is 5.75 Å². The zero-order chi connectivity index (χ0) is 14.5. The minimum atomic E-state index is 0. The summed E-state index contributed by atoms with van der Waals surface area (Å²) in [7, 11) is 1.95. The number of nitrogens with zero attached hydrogens (tertiary/aromatic N) is 1. The van der Waals surface area contributed by atoms with Crippen LogP contribution in [0.25, 0.3) is 0 Å². The van der Waals surface area contributed by atoms with E-state index in [9.17, 15) is 4.79 Å². The maximum absolute atomic E-state index is 12.0. The van der Waals surface area contributed by atoms with Crippen LogP contribution < -0.4 is 10.1 Å². The summed E-state index contributed by atoms with van der Waals surface area (Å²) in [6.45, 7) is 1.58. The third kappa shape index (κ3) is 5.22. The first-order valence-electron chi connectivity index (χ1n) is 6.63. The molecule has 0 bridgehead atoms. The number of piperidine rings is 1. The average Bonchev–Trinajstić information content (AvgIpc) is 2.48. The predicted octanol–water partition coefficient (Wildman–Crippen LogP) is 3.00. The molecule has 1 heterocycles. The van der Waals surface area contributed by atoms with Gasteiger partial charge in [-0.3, -0.25) is 4.79 Å². The summed E-state index contributed by atoms with van der Waals surface area (Å²) in [6, 6.07) is 5.48. The Kier molecular flexibility index (Phi) is 7.60. The Hall–Kier alpha value is -0.680. The van der Waals surface area contributed by atoms with E-state index in [4.69, 9.17) is 27.9 Å². The highest BCUT2D eigenvalue weighted by molar-refractivity contribution is 6.42. The Labute approximate surface area is 141 Å².